The zero-order valence-electron chi connectivity index (χ0n) is 20.1. The van der Waals surface area contributed by atoms with E-state index >= 15 is 0 Å². The van der Waals surface area contributed by atoms with E-state index in [2.05, 4.69) is 4.90 Å². The van der Waals surface area contributed by atoms with Gasteiger partial charge in [-0.05, 0) is 73.5 Å². The summed E-state index contributed by atoms with van der Waals surface area (Å²) >= 11 is 12.5. The minimum Gasteiger partial charge on any atom is -0.489 e. The molecule has 1 heterocycles. The molecule has 4 rings (SSSR count). The van der Waals surface area contributed by atoms with E-state index in [4.69, 9.17) is 32.7 Å². The second-order valence-corrected chi connectivity index (χ2v) is 12.0. The predicted octanol–water partition coefficient (Wildman–Crippen LogP) is 4.93. The monoisotopic (exact) mass is 558 g/mol. The third-order valence-electron chi connectivity index (χ3n) is 6.38. The zero-order valence-corrected chi connectivity index (χ0v) is 22.4. The van der Waals surface area contributed by atoms with Gasteiger partial charge in [-0.2, -0.15) is 0 Å². The van der Waals surface area contributed by atoms with Gasteiger partial charge in [0.05, 0.1) is 24.5 Å². The summed E-state index contributed by atoms with van der Waals surface area (Å²) in [6, 6.07) is 7.98. The largest absolute Gasteiger partial charge is 0.489 e. The summed E-state index contributed by atoms with van der Waals surface area (Å²) in [6.07, 6.45) is 4.10. The standard InChI is InChI=1S/C25H29Cl2FN2O5S/c1-34-14-23(16-8-17(26)10-18(27)9-16)30-7-3-4-19(13-30)35-24-12-22(28)21(11-20(24)15-5-6-15)25(31)29-36(2,32)33/h8-12,15,19,23H,3-7,13-14H2,1-2H3,(H,29,31)/t19-,23?/m1/s1. The van der Waals surface area contributed by atoms with Crippen molar-refractivity contribution in [1.82, 2.24) is 9.62 Å². The number of benzene rings is 2. The van der Waals surface area contributed by atoms with Crippen LogP contribution in [0.3, 0.4) is 0 Å². The van der Waals surface area contributed by atoms with Crippen LogP contribution in [0.15, 0.2) is 30.3 Å². The van der Waals surface area contributed by atoms with E-state index in [9.17, 15) is 17.6 Å². The lowest BCUT2D eigenvalue weighted by molar-refractivity contribution is 0.0284. The van der Waals surface area contributed by atoms with Crippen molar-refractivity contribution in [3.8, 4) is 5.75 Å². The van der Waals surface area contributed by atoms with Crippen molar-refractivity contribution in [2.45, 2.75) is 43.7 Å². The number of halogens is 3. The molecule has 7 nitrogen and oxygen atoms in total. The van der Waals surface area contributed by atoms with E-state index in [1.807, 2.05) is 16.9 Å². The lowest BCUT2D eigenvalue weighted by atomic mass is 10.0. The molecule has 0 radical (unpaired) electrons. The van der Waals surface area contributed by atoms with Gasteiger partial charge in [0.25, 0.3) is 5.91 Å². The Balaban J connectivity index is 1.55. The minimum atomic E-state index is -3.82. The average Bonchev–Trinajstić information content (AvgIpc) is 3.61. The Morgan fingerprint density at radius 3 is 2.47 bits per heavy atom. The molecule has 36 heavy (non-hydrogen) atoms. The van der Waals surface area contributed by atoms with Crippen LogP contribution in [0.2, 0.25) is 10.0 Å². The maximum absolute atomic E-state index is 14.9. The van der Waals surface area contributed by atoms with Crippen molar-refractivity contribution in [3.63, 3.8) is 0 Å². The van der Waals surface area contributed by atoms with Gasteiger partial charge < -0.3 is 9.47 Å². The van der Waals surface area contributed by atoms with Crippen molar-refractivity contribution in [1.29, 1.82) is 0 Å². The summed E-state index contributed by atoms with van der Waals surface area (Å²) in [5.41, 5.74) is 1.36. The normalized spacial score (nSPS) is 19.6. The summed E-state index contributed by atoms with van der Waals surface area (Å²) in [5, 5.41) is 1.10. The van der Waals surface area contributed by atoms with Gasteiger partial charge in [0.2, 0.25) is 10.0 Å². The highest BCUT2D eigenvalue weighted by molar-refractivity contribution is 7.89. The van der Waals surface area contributed by atoms with Gasteiger partial charge in [0.15, 0.2) is 0 Å². The molecular formula is C25H29Cl2FN2O5S. The highest BCUT2D eigenvalue weighted by Gasteiger charge is 2.33. The molecule has 1 saturated carbocycles. The Hall–Kier alpha value is -1.91. The Morgan fingerprint density at radius 1 is 1.17 bits per heavy atom. The Bertz CT molecular complexity index is 1220. The summed E-state index contributed by atoms with van der Waals surface area (Å²) < 4.78 is 51.5. The smallest absolute Gasteiger partial charge is 0.267 e. The minimum absolute atomic E-state index is 0.0840. The van der Waals surface area contributed by atoms with Crippen LogP contribution in [-0.2, 0) is 14.8 Å². The number of hydrogen-bond donors (Lipinski definition) is 1. The van der Waals surface area contributed by atoms with Crippen LogP contribution >= 0.6 is 23.2 Å². The van der Waals surface area contributed by atoms with Gasteiger partial charge in [0, 0.05) is 29.8 Å². The third kappa shape index (κ3) is 6.89. The molecule has 2 aromatic rings. The molecule has 2 aromatic carbocycles. The van der Waals surface area contributed by atoms with Crippen molar-refractivity contribution in [3.05, 3.63) is 62.9 Å². The molecule has 0 spiro atoms. The van der Waals surface area contributed by atoms with Crippen LogP contribution in [0.1, 0.15) is 59.1 Å². The molecule has 0 aromatic heterocycles. The average molecular weight is 559 g/mol. The second kappa shape index (κ2) is 11.2. The number of methoxy groups -OCH3 is 1. The quantitative estimate of drug-likeness (QED) is 0.469. The van der Waals surface area contributed by atoms with E-state index in [1.54, 1.807) is 13.2 Å². The second-order valence-electron chi connectivity index (χ2n) is 9.40. The SMILES string of the molecule is COCC(c1cc(Cl)cc(Cl)c1)N1CCC[C@@H](Oc2cc(F)c(C(=O)NS(C)(=O)=O)cc2C2CC2)C1. The first kappa shape index (κ1) is 27.1. The molecule has 0 bridgehead atoms. The molecular weight excluding hydrogens is 530 g/mol. The number of likely N-dealkylation sites (tertiary alicyclic amines) is 1. The van der Waals surface area contributed by atoms with Gasteiger partial charge in [-0.1, -0.05) is 23.2 Å². The fraction of sp³-hybridized carbons (Fsp3) is 0.480. The van der Waals surface area contributed by atoms with Gasteiger partial charge in [-0.25, -0.2) is 17.5 Å². The van der Waals surface area contributed by atoms with Gasteiger partial charge in [-0.15, -0.1) is 0 Å². The number of rotatable bonds is 9. The van der Waals surface area contributed by atoms with Crippen molar-refractivity contribution in [2.75, 3.05) is 33.1 Å². The maximum atomic E-state index is 14.9. The molecule has 2 aliphatic rings. The number of carbonyl (C=O) groups excluding carboxylic acids is 1. The van der Waals surface area contributed by atoms with Crippen molar-refractivity contribution in [2.24, 2.45) is 0 Å². The van der Waals surface area contributed by atoms with E-state index < -0.39 is 21.7 Å². The Kier molecular flexibility index (Phi) is 8.46. The highest BCUT2D eigenvalue weighted by Crippen LogP contribution is 2.45. The first-order chi connectivity index (χ1) is 17.0. The molecule has 1 aliphatic carbocycles. The van der Waals surface area contributed by atoms with Crippen LogP contribution in [0.5, 0.6) is 5.75 Å². The van der Waals surface area contributed by atoms with Crippen molar-refractivity contribution >= 4 is 39.1 Å². The number of sulfonamides is 1. The molecule has 1 aliphatic heterocycles. The van der Waals surface area contributed by atoms with E-state index in [-0.39, 0.29) is 23.6 Å². The first-order valence-electron chi connectivity index (χ1n) is 11.7. The van der Waals surface area contributed by atoms with Crippen LogP contribution in [-0.4, -0.2) is 58.4 Å². The number of ether oxygens (including phenoxy) is 2. The maximum Gasteiger partial charge on any atom is 0.267 e. The lowest BCUT2D eigenvalue weighted by Gasteiger charge is -2.38. The van der Waals surface area contributed by atoms with Crippen LogP contribution in [0.25, 0.3) is 0 Å². The summed E-state index contributed by atoms with van der Waals surface area (Å²) in [5.74, 6) is -1.27. The topological polar surface area (TPSA) is 84.9 Å². The van der Waals surface area contributed by atoms with E-state index in [0.29, 0.717) is 28.9 Å². The third-order valence-corrected chi connectivity index (χ3v) is 7.37. The number of piperidine rings is 1. The van der Waals surface area contributed by atoms with Gasteiger partial charge in [-0.3, -0.25) is 9.69 Å². The number of nitrogens with zero attached hydrogens (tertiary/aromatic N) is 1. The fourth-order valence-electron chi connectivity index (χ4n) is 4.65. The van der Waals surface area contributed by atoms with E-state index in [0.717, 1.165) is 49.6 Å². The van der Waals surface area contributed by atoms with Gasteiger partial charge >= 0.3 is 0 Å². The highest BCUT2D eigenvalue weighted by atomic mass is 35.5. The Labute approximate surface area is 220 Å². The number of carbonyl (C=O) groups is 1. The Morgan fingerprint density at radius 2 is 1.86 bits per heavy atom. The molecule has 196 valence electrons. The predicted molar refractivity (Wildman–Crippen MR) is 137 cm³/mol. The van der Waals surface area contributed by atoms with Gasteiger partial charge in [0.1, 0.15) is 17.7 Å². The molecule has 2 atom stereocenters. The van der Waals surface area contributed by atoms with E-state index in [1.165, 1.54) is 12.1 Å². The molecule has 1 N–H and O–H groups in total. The van der Waals surface area contributed by atoms with Crippen LogP contribution in [0.4, 0.5) is 4.39 Å². The molecule has 2 fully saturated rings. The lowest BCUT2D eigenvalue weighted by Crippen LogP contribution is -2.44. The number of nitrogens with one attached hydrogen (secondary N) is 1. The summed E-state index contributed by atoms with van der Waals surface area (Å²) in [6.45, 7) is 1.85. The molecule has 1 saturated heterocycles. The van der Waals surface area contributed by atoms with Crippen molar-refractivity contribution < 1.29 is 27.1 Å². The van der Waals surface area contributed by atoms with Crippen LogP contribution < -0.4 is 9.46 Å². The fourth-order valence-corrected chi connectivity index (χ4v) is 5.64. The first-order valence-corrected chi connectivity index (χ1v) is 14.4. The number of amides is 1. The molecule has 1 unspecified atom stereocenters. The summed E-state index contributed by atoms with van der Waals surface area (Å²) in [7, 11) is -2.17. The molecule has 1 amide bonds. The zero-order chi connectivity index (χ0) is 26.0. The number of hydrogen-bond acceptors (Lipinski definition) is 6. The molecule has 11 heteroatoms. The summed E-state index contributed by atoms with van der Waals surface area (Å²) in [4.78, 5) is 14.6. The van der Waals surface area contributed by atoms with Crippen LogP contribution in [0, 0.1) is 5.82 Å².